The Labute approximate surface area is 448 Å². The van der Waals surface area contributed by atoms with Crippen molar-refractivity contribution in [2.45, 2.75) is 68.2 Å². The topological polar surface area (TPSA) is 199 Å². The number of nitrogens with zero attached hydrogens (tertiary/aromatic N) is 8. The van der Waals surface area contributed by atoms with Gasteiger partial charge >= 0.3 is 61.8 Å². The van der Waals surface area contributed by atoms with E-state index >= 15 is 0 Å². The Morgan fingerprint density at radius 2 is 0.871 bits per heavy atom. The molecule has 0 saturated carbocycles. The summed E-state index contributed by atoms with van der Waals surface area (Å²) < 4.78 is 105. The summed E-state index contributed by atoms with van der Waals surface area (Å²) in [5.41, 5.74) is 0. The first-order valence-corrected chi connectivity index (χ1v) is 27.9. The molecule has 1 N–H and O–H groups in total. The van der Waals surface area contributed by atoms with Crippen LogP contribution < -0.4 is 72.5 Å². The Kier molecular flexibility index (Phi) is 78.3. The zero-order valence-corrected chi connectivity index (χ0v) is 52.5. The third kappa shape index (κ3) is 137. The normalized spacial score (nSPS) is 10.7. The van der Waals surface area contributed by atoms with Gasteiger partial charge in [-0.25, -0.2) is 25.3 Å². The standard InChI is InChI=1S/2C9H23N2.C7H18N2.C4H6.C2H5Br.C2H3N.CH4.BrH.FH3NO4PS2.FH2NO4PS2.K/c2*1-6-11(4,5)9-7-8-10(2)3;1-8(2)6-5-7-9(3)4;1-3-4-2;2*1-2-3;;;2*1-8(3,4)2-9(5,6)7;/h2*6-9H2,1-5H3;5-7H2,1-4H3;1-2H3;2H2,1H3;1H3;1H4;1H;2H,7H2;7H2;/q2*+1;;;;;;;;-1;+1/p-1. The molecule has 0 spiro atoms. The first kappa shape index (κ1) is 90.3. The number of hydrogen-bond acceptors (Lipinski definition) is 13. The summed E-state index contributed by atoms with van der Waals surface area (Å²) in [5, 5.41) is 8.38. The molecule has 0 aliphatic rings. The summed E-state index contributed by atoms with van der Waals surface area (Å²) in [6.07, 6.45) is 3.86. The fraction of sp³-hybridized carbons (Fsp3) is 0.912. The van der Waals surface area contributed by atoms with E-state index in [1.54, 1.807) is 10.2 Å². The largest absolute Gasteiger partial charge is 1.00 e. The van der Waals surface area contributed by atoms with Gasteiger partial charge in [-0.3, -0.25) is 0 Å². The molecule has 62 heavy (non-hydrogen) atoms. The van der Waals surface area contributed by atoms with Crippen molar-refractivity contribution in [2.75, 3.05) is 142 Å². The summed E-state index contributed by atoms with van der Waals surface area (Å²) in [4.78, 5) is 8.91. The van der Waals surface area contributed by atoms with Crippen molar-refractivity contribution in [3.05, 3.63) is 4.13 Å². The van der Waals surface area contributed by atoms with Crippen LogP contribution in [0.4, 0.5) is 7.77 Å². The van der Waals surface area contributed by atoms with Crippen LogP contribution in [0.2, 0.25) is 0 Å². The van der Waals surface area contributed by atoms with Crippen LogP contribution in [0.15, 0.2) is 0 Å². The molecule has 0 aromatic rings. The summed E-state index contributed by atoms with van der Waals surface area (Å²) in [6.45, 7) is 21.4. The molecule has 0 rings (SSSR count). The molecular weight excluding hydrogens is 1090 g/mol. The number of nitriles is 1. The van der Waals surface area contributed by atoms with E-state index in [0.717, 1.165) is 31.2 Å². The van der Waals surface area contributed by atoms with E-state index in [1.807, 2.05) is 20.8 Å². The molecule has 0 saturated heterocycles. The Morgan fingerprint density at radius 3 is 0.968 bits per heavy atom. The second-order valence-electron chi connectivity index (χ2n) is 14.3. The Hall–Kier alpha value is 1.85. The number of quaternary nitrogens is 2. The average Bonchev–Trinajstić information content (AvgIpc) is 2.99. The van der Waals surface area contributed by atoms with Crippen molar-refractivity contribution in [1.82, 2.24) is 23.7 Å². The van der Waals surface area contributed by atoms with Crippen LogP contribution in [0.5, 0.6) is 0 Å². The average molecular weight is 1180 g/mol. The summed E-state index contributed by atoms with van der Waals surface area (Å²) in [7, 11) is 9.60. The Bertz CT molecular complexity index is 1370. The van der Waals surface area contributed by atoms with Gasteiger partial charge in [-0.05, 0) is 112 Å². The molecule has 0 fully saturated rings. The zero-order valence-electron chi connectivity index (χ0n) is 40.6. The fourth-order valence-electron chi connectivity index (χ4n) is 2.91. The molecule has 0 amide bonds. The van der Waals surface area contributed by atoms with Gasteiger partial charge in [0.15, 0.2) is 0 Å². The van der Waals surface area contributed by atoms with Crippen LogP contribution in [0.1, 0.15) is 68.2 Å². The maximum Gasteiger partial charge on any atom is 1.00 e. The molecule has 0 aliphatic heterocycles. The second kappa shape index (κ2) is 53.8. The molecule has 0 aromatic heterocycles. The second-order valence-corrected chi connectivity index (χ2v) is 24.1. The SMILES string of the molecule is C.CC#CC.CC#N.CCBr.CC[N+](C)(C)CCCN(C)C.CC[N+](C)(C)CCCN(C)C.CN(C)CCCN(C)C.O=S(=O)(F)NS(=O)(=O)P.O=S(=O)(F)[N-]S(=O)(=O)P.[Br-].[K+]. The summed E-state index contributed by atoms with van der Waals surface area (Å²) in [5.74, 6) is 5.36. The summed E-state index contributed by atoms with van der Waals surface area (Å²) >= 11 is 3.15. The van der Waals surface area contributed by atoms with Crippen molar-refractivity contribution in [1.29, 1.82) is 5.26 Å². The van der Waals surface area contributed by atoms with E-state index in [2.05, 4.69) is 146 Å². The smallest absolute Gasteiger partial charge is 1.00 e. The third-order valence-corrected chi connectivity index (χ3v) is 11.2. The number of alkyl halides is 1. The first-order valence-electron chi connectivity index (χ1n) is 18.1. The molecule has 0 heterocycles. The van der Waals surface area contributed by atoms with Gasteiger partial charge in [-0.2, -0.15) is 13.7 Å². The quantitative estimate of drug-likeness (QED) is 0.0429. The minimum absolute atomic E-state index is 0. The van der Waals surface area contributed by atoms with E-state index in [1.165, 1.54) is 78.5 Å². The van der Waals surface area contributed by atoms with Crippen LogP contribution in [0, 0.1) is 23.2 Å². The van der Waals surface area contributed by atoms with E-state index in [9.17, 15) is 41.4 Å². The molecule has 0 bridgehead atoms. The van der Waals surface area contributed by atoms with Crippen molar-refractivity contribution >= 4 is 72.9 Å². The number of halogens is 4. The van der Waals surface area contributed by atoms with Crippen molar-refractivity contribution in [2.24, 2.45) is 0 Å². The number of hydrogen-bond donors (Lipinski definition) is 1. The fourth-order valence-corrected chi connectivity index (χ4v) is 6.97. The van der Waals surface area contributed by atoms with Crippen LogP contribution in [-0.2, 0) is 40.1 Å². The molecule has 2 atom stereocenters. The number of rotatable bonds is 18. The molecule has 0 aliphatic carbocycles. The van der Waals surface area contributed by atoms with Crippen molar-refractivity contribution in [3.8, 4) is 17.9 Å². The van der Waals surface area contributed by atoms with Crippen LogP contribution in [-0.4, -0.2) is 204 Å². The van der Waals surface area contributed by atoms with Gasteiger partial charge in [-0.1, -0.05) is 38.3 Å². The van der Waals surface area contributed by atoms with E-state index in [4.69, 9.17) is 5.26 Å². The van der Waals surface area contributed by atoms with E-state index in [0.29, 0.717) is 4.13 Å². The molecule has 2 unspecified atom stereocenters. The van der Waals surface area contributed by atoms with Gasteiger partial charge < -0.3 is 49.7 Å². The van der Waals surface area contributed by atoms with Gasteiger partial charge in [0, 0.05) is 46.6 Å². The molecule has 378 valence electrons. The predicted octanol–water partition coefficient (Wildman–Crippen LogP) is -1.22. The zero-order chi connectivity index (χ0) is 49.3. The van der Waals surface area contributed by atoms with E-state index in [-0.39, 0.29) is 75.8 Å². The van der Waals surface area contributed by atoms with Gasteiger partial charge in [0.2, 0.25) is 20.1 Å². The van der Waals surface area contributed by atoms with Gasteiger partial charge in [-0.15, -0.1) is 15.7 Å². The molecule has 0 radical (unpaired) electrons. The first-order chi connectivity index (χ1) is 26.2. The monoisotopic (exact) mass is 1170 g/mol. The van der Waals surface area contributed by atoms with Crippen molar-refractivity contribution < 1.29 is 119 Å². The molecular formula is C34H87Br2F2KN9O8P2S4+. The minimum atomic E-state index is -5.27. The van der Waals surface area contributed by atoms with Crippen LogP contribution >= 0.6 is 32.8 Å². The van der Waals surface area contributed by atoms with Crippen LogP contribution in [0.25, 0.3) is 4.13 Å². The van der Waals surface area contributed by atoms with E-state index < -0.39 is 40.1 Å². The molecule has 28 heteroatoms. The third-order valence-electron chi connectivity index (χ3n) is 6.32. The predicted molar refractivity (Wildman–Crippen MR) is 264 cm³/mol. The Morgan fingerprint density at radius 1 is 0.645 bits per heavy atom. The van der Waals surface area contributed by atoms with Gasteiger partial charge in [0.25, 0.3) is 0 Å². The number of nitrogens with one attached hydrogen (secondary N) is 1. The van der Waals surface area contributed by atoms with Gasteiger partial charge in [0.1, 0.15) is 0 Å². The Balaban J connectivity index is -0.0000000547. The van der Waals surface area contributed by atoms with Crippen LogP contribution in [0.3, 0.4) is 0 Å². The summed E-state index contributed by atoms with van der Waals surface area (Å²) in [6, 6.07) is 1.75. The van der Waals surface area contributed by atoms with Crippen molar-refractivity contribution in [3.63, 3.8) is 0 Å². The molecule has 0 aromatic carbocycles. The maximum atomic E-state index is 11.4. The molecule has 17 nitrogen and oxygen atoms in total. The minimum Gasteiger partial charge on any atom is -1.00 e. The maximum absolute atomic E-state index is 11.4. The van der Waals surface area contributed by atoms with Gasteiger partial charge in [0.05, 0.1) is 70.1 Å².